The van der Waals surface area contributed by atoms with E-state index < -0.39 is 11.7 Å². The number of benzene rings is 1. The van der Waals surface area contributed by atoms with Crippen LogP contribution in [0.1, 0.15) is 43.7 Å². The lowest BCUT2D eigenvalue weighted by atomic mass is 9.85. The molecule has 1 aliphatic heterocycles. The average Bonchev–Trinajstić information content (AvgIpc) is 2.59. The van der Waals surface area contributed by atoms with Gasteiger partial charge in [-0.3, -0.25) is 4.90 Å². The van der Waals surface area contributed by atoms with E-state index in [-0.39, 0.29) is 12.1 Å². The molecule has 0 bridgehead atoms. The maximum absolute atomic E-state index is 11.0. The Balaban J connectivity index is 1.92. The molecule has 3 rings (SSSR count). The van der Waals surface area contributed by atoms with Gasteiger partial charge in [0.2, 0.25) is 0 Å². The zero-order valence-electron chi connectivity index (χ0n) is 11.5. The molecular formula is C16H23NO2. The van der Waals surface area contributed by atoms with Gasteiger partial charge in [0.25, 0.3) is 0 Å². The topological polar surface area (TPSA) is 43.7 Å². The van der Waals surface area contributed by atoms with Crippen LogP contribution in [-0.2, 0) is 0 Å². The highest BCUT2D eigenvalue weighted by atomic mass is 16.3. The summed E-state index contributed by atoms with van der Waals surface area (Å²) in [6.45, 7) is 0. The van der Waals surface area contributed by atoms with Crippen LogP contribution in [0.5, 0.6) is 0 Å². The lowest BCUT2D eigenvalue weighted by Gasteiger charge is -2.34. The Bertz CT molecular complexity index is 436. The molecule has 104 valence electrons. The van der Waals surface area contributed by atoms with Gasteiger partial charge in [0.05, 0.1) is 6.10 Å². The van der Waals surface area contributed by atoms with E-state index in [0.29, 0.717) is 6.42 Å². The molecule has 1 heterocycles. The highest BCUT2D eigenvalue weighted by molar-refractivity contribution is 5.23. The van der Waals surface area contributed by atoms with Crippen LogP contribution in [0.25, 0.3) is 0 Å². The third-order valence-electron chi connectivity index (χ3n) is 5.05. The van der Waals surface area contributed by atoms with E-state index in [4.69, 9.17) is 0 Å². The summed E-state index contributed by atoms with van der Waals surface area (Å²) in [5.41, 5.74) is 0.296. The first-order chi connectivity index (χ1) is 9.13. The van der Waals surface area contributed by atoms with Crippen molar-refractivity contribution in [3.8, 4) is 0 Å². The minimum Gasteiger partial charge on any atom is -0.390 e. The van der Waals surface area contributed by atoms with Crippen LogP contribution >= 0.6 is 0 Å². The number of aliphatic hydroxyl groups excluding tert-OH is 1. The van der Waals surface area contributed by atoms with Gasteiger partial charge < -0.3 is 10.2 Å². The average molecular weight is 261 g/mol. The fraction of sp³-hybridized carbons (Fsp3) is 0.625. The molecule has 0 spiro atoms. The normalized spacial score (nSPS) is 39.8. The molecule has 1 saturated carbocycles. The van der Waals surface area contributed by atoms with Crippen LogP contribution in [0.15, 0.2) is 30.3 Å². The molecular weight excluding hydrogens is 238 g/mol. The molecule has 2 fully saturated rings. The van der Waals surface area contributed by atoms with Crippen molar-refractivity contribution in [2.24, 2.45) is 0 Å². The Kier molecular flexibility index (Phi) is 3.37. The maximum Gasteiger partial charge on any atom is 0.108 e. The van der Waals surface area contributed by atoms with Gasteiger partial charge in [0.1, 0.15) is 5.60 Å². The van der Waals surface area contributed by atoms with E-state index in [9.17, 15) is 10.2 Å². The number of aliphatic hydroxyl groups is 2. The number of rotatable bonds is 1. The van der Waals surface area contributed by atoms with Gasteiger partial charge in [-0.05, 0) is 31.9 Å². The van der Waals surface area contributed by atoms with Crippen LogP contribution in [0, 0.1) is 0 Å². The Morgan fingerprint density at radius 1 is 1.16 bits per heavy atom. The number of likely N-dealkylation sites (N-methyl/N-ethyl adjacent to an activating group) is 1. The molecule has 19 heavy (non-hydrogen) atoms. The molecule has 1 aromatic carbocycles. The smallest absolute Gasteiger partial charge is 0.108 e. The second-order valence-corrected chi connectivity index (χ2v) is 6.10. The summed E-state index contributed by atoms with van der Waals surface area (Å²) in [6.07, 6.45) is 3.87. The van der Waals surface area contributed by atoms with Crippen molar-refractivity contribution in [2.45, 2.75) is 55.9 Å². The molecule has 1 saturated heterocycles. The monoisotopic (exact) mass is 261 g/mol. The predicted octanol–water partition coefficient (Wildman–Crippen LogP) is 2.10. The van der Waals surface area contributed by atoms with E-state index in [1.165, 1.54) is 5.56 Å². The quantitative estimate of drug-likeness (QED) is 0.813. The van der Waals surface area contributed by atoms with Gasteiger partial charge in [-0.25, -0.2) is 0 Å². The second kappa shape index (κ2) is 4.89. The number of nitrogens with zero attached hydrogens (tertiary/aromatic N) is 1. The highest BCUT2D eigenvalue weighted by Gasteiger charge is 2.54. The summed E-state index contributed by atoms with van der Waals surface area (Å²) in [7, 11) is 2.08. The molecule has 1 aromatic rings. The molecule has 2 aliphatic rings. The molecule has 4 atom stereocenters. The first-order valence-electron chi connectivity index (χ1n) is 7.30. The van der Waals surface area contributed by atoms with Gasteiger partial charge >= 0.3 is 0 Å². The largest absolute Gasteiger partial charge is 0.390 e. The molecule has 3 nitrogen and oxygen atoms in total. The van der Waals surface area contributed by atoms with Crippen molar-refractivity contribution < 1.29 is 10.2 Å². The van der Waals surface area contributed by atoms with Crippen molar-refractivity contribution in [3.05, 3.63) is 35.9 Å². The van der Waals surface area contributed by atoms with Gasteiger partial charge in [-0.1, -0.05) is 43.2 Å². The Hall–Kier alpha value is -0.900. The summed E-state index contributed by atoms with van der Waals surface area (Å²) in [4.78, 5) is 2.27. The van der Waals surface area contributed by atoms with Crippen molar-refractivity contribution in [1.29, 1.82) is 0 Å². The summed E-state index contributed by atoms with van der Waals surface area (Å²) >= 11 is 0. The SMILES string of the molecule is CN1C(c2ccccc2)CC2(O)C(O)CCCCC12. The summed E-state index contributed by atoms with van der Waals surface area (Å²) in [6, 6.07) is 10.6. The molecule has 2 N–H and O–H groups in total. The number of hydrogen-bond donors (Lipinski definition) is 2. The second-order valence-electron chi connectivity index (χ2n) is 6.10. The molecule has 4 unspecified atom stereocenters. The number of likely N-dealkylation sites (tertiary alicyclic amines) is 1. The van der Waals surface area contributed by atoms with Crippen LogP contribution < -0.4 is 0 Å². The number of fused-ring (bicyclic) bond motifs is 1. The minimum absolute atomic E-state index is 0.0789. The highest BCUT2D eigenvalue weighted by Crippen LogP contribution is 2.47. The van der Waals surface area contributed by atoms with E-state index in [1.54, 1.807) is 0 Å². The molecule has 0 amide bonds. The zero-order valence-corrected chi connectivity index (χ0v) is 11.5. The van der Waals surface area contributed by atoms with Gasteiger partial charge in [0, 0.05) is 12.1 Å². The van der Waals surface area contributed by atoms with E-state index in [1.807, 2.05) is 18.2 Å². The van der Waals surface area contributed by atoms with Gasteiger partial charge in [0.15, 0.2) is 0 Å². The summed E-state index contributed by atoms with van der Waals surface area (Å²) in [5, 5.41) is 21.3. The predicted molar refractivity (Wildman–Crippen MR) is 74.8 cm³/mol. The van der Waals surface area contributed by atoms with Gasteiger partial charge in [-0.2, -0.15) is 0 Å². The standard InChI is InChI=1S/C16H23NO2/c1-17-13(12-7-3-2-4-8-12)11-16(19)14(17)9-5-6-10-15(16)18/h2-4,7-8,13-15,18-19H,5-6,9-11H2,1H3. The third-order valence-corrected chi connectivity index (χ3v) is 5.05. The van der Waals surface area contributed by atoms with Crippen LogP contribution in [0.3, 0.4) is 0 Å². The summed E-state index contributed by atoms with van der Waals surface area (Å²) < 4.78 is 0. The fourth-order valence-electron chi connectivity index (χ4n) is 3.92. The van der Waals surface area contributed by atoms with E-state index in [0.717, 1.165) is 25.7 Å². The minimum atomic E-state index is -0.939. The number of hydrogen-bond acceptors (Lipinski definition) is 3. The van der Waals surface area contributed by atoms with Gasteiger partial charge in [-0.15, -0.1) is 0 Å². The Morgan fingerprint density at radius 2 is 1.84 bits per heavy atom. The molecule has 0 aromatic heterocycles. The van der Waals surface area contributed by atoms with E-state index in [2.05, 4.69) is 24.1 Å². The van der Waals surface area contributed by atoms with Crippen molar-refractivity contribution in [3.63, 3.8) is 0 Å². The van der Waals surface area contributed by atoms with Crippen LogP contribution in [0.4, 0.5) is 0 Å². The van der Waals surface area contributed by atoms with Crippen LogP contribution in [0.2, 0.25) is 0 Å². The molecule has 3 heteroatoms. The summed E-state index contributed by atoms with van der Waals surface area (Å²) in [5.74, 6) is 0. The fourth-order valence-corrected chi connectivity index (χ4v) is 3.92. The Morgan fingerprint density at radius 3 is 2.58 bits per heavy atom. The van der Waals surface area contributed by atoms with Crippen molar-refractivity contribution in [2.75, 3.05) is 7.05 Å². The van der Waals surface area contributed by atoms with Crippen molar-refractivity contribution in [1.82, 2.24) is 4.90 Å². The zero-order chi connectivity index (χ0) is 13.5. The van der Waals surface area contributed by atoms with E-state index >= 15 is 0 Å². The third kappa shape index (κ3) is 2.10. The lowest BCUT2D eigenvalue weighted by molar-refractivity contribution is -0.0899. The molecule has 1 aliphatic carbocycles. The molecule has 0 radical (unpaired) electrons. The van der Waals surface area contributed by atoms with Crippen LogP contribution in [-0.4, -0.2) is 39.9 Å². The first kappa shape index (κ1) is 13.1. The lowest BCUT2D eigenvalue weighted by Crippen LogP contribution is -2.50. The first-order valence-corrected chi connectivity index (χ1v) is 7.30. The maximum atomic E-state index is 11.0. The Labute approximate surface area is 114 Å². The van der Waals surface area contributed by atoms with Crippen molar-refractivity contribution >= 4 is 0 Å².